The van der Waals surface area contributed by atoms with Gasteiger partial charge in [-0.2, -0.15) is 0 Å². The summed E-state index contributed by atoms with van der Waals surface area (Å²) in [5.74, 6) is 1.43. The standard InChI is InChI=1S/C15H30N4.HI/c1-19(14-8-3-2-4-9-14)11-10-17-15(16)18-12-13-6-5-7-13;/h13-14H,2-12H2,1H3,(H3,16,17,18);1H. The molecule has 0 unspecified atom stereocenters. The van der Waals surface area contributed by atoms with E-state index in [4.69, 9.17) is 5.73 Å². The SMILES string of the molecule is CN(CCNC(N)=NCC1CCC1)C1CCCCC1.I. The summed E-state index contributed by atoms with van der Waals surface area (Å²) >= 11 is 0. The monoisotopic (exact) mass is 394 g/mol. The molecule has 0 saturated heterocycles. The van der Waals surface area contributed by atoms with Crippen LogP contribution in [0.25, 0.3) is 0 Å². The van der Waals surface area contributed by atoms with Gasteiger partial charge < -0.3 is 16.0 Å². The van der Waals surface area contributed by atoms with E-state index in [0.29, 0.717) is 5.96 Å². The number of rotatable bonds is 6. The Morgan fingerprint density at radius 2 is 1.85 bits per heavy atom. The molecular formula is C15H31IN4. The summed E-state index contributed by atoms with van der Waals surface area (Å²) in [5.41, 5.74) is 5.89. The van der Waals surface area contributed by atoms with Crippen LogP contribution in [0.1, 0.15) is 51.4 Å². The maximum absolute atomic E-state index is 5.89. The zero-order valence-electron chi connectivity index (χ0n) is 12.8. The molecule has 0 amide bonds. The van der Waals surface area contributed by atoms with Crippen LogP contribution in [0.4, 0.5) is 0 Å². The molecule has 2 aliphatic rings. The van der Waals surface area contributed by atoms with E-state index in [2.05, 4.69) is 22.3 Å². The van der Waals surface area contributed by atoms with Crippen LogP contribution in [-0.2, 0) is 0 Å². The van der Waals surface area contributed by atoms with Crippen molar-refractivity contribution in [3.05, 3.63) is 0 Å². The fourth-order valence-corrected chi connectivity index (χ4v) is 3.02. The molecule has 20 heavy (non-hydrogen) atoms. The highest BCUT2D eigenvalue weighted by atomic mass is 127. The topological polar surface area (TPSA) is 53.6 Å². The second kappa shape index (κ2) is 9.82. The first-order valence-electron chi connectivity index (χ1n) is 7.99. The van der Waals surface area contributed by atoms with Crippen LogP contribution < -0.4 is 11.1 Å². The Morgan fingerprint density at radius 1 is 1.15 bits per heavy atom. The van der Waals surface area contributed by atoms with Gasteiger partial charge in [-0.1, -0.05) is 25.7 Å². The number of nitrogens with two attached hydrogens (primary N) is 1. The van der Waals surface area contributed by atoms with E-state index in [1.165, 1.54) is 51.4 Å². The Balaban J connectivity index is 0.00000200. The number of guanidine groups is 1. The molecule has 0 radical (unpaired) electrons. The zero-order valence-corrected chi connectivity index (χ0v) is 15.1. The van der Waals surface area contributed by atoms with Gasteiger partial charge in [0.15, 0.2) is 5.96 Å². The Kier molecular flexibility index (Phi) is 8.84. The number of hydrogen-bond donors (Lipinski definition) is 2. The van der Waals surface area contributed by atoms with Gasteiger partial charge in [0.2, 0.25) is 0 Å². The van der Waals surface area contributed by atoms with E-state index < -0.39 is 0 Å². The van der Waals surface area contributed by atoms with Crippen LogP contribution in [0.5, 0.6) is 0 Å². The minimum atomic E-state index is 0. The lowest BCUT2D eigenvalue weighted by atomic mass is 9.86. The van der Waals surface area contributed by atoms with Gasteiger partial charge in [0.1, 0.15) is 0 Å². The number of nitrogens with zero attached hydrogens (tertiary/aromatic N) is 2. The van der Waals surface area contributed by atoms with E-state index in [1.54, 1.807) is 0 Å². The first-order valence-corrected chi connectivity index (χ1v) is 7.99. The Labute approximate surface area is 141 Å². The molecule has 0 bridgehead atoms. The zero-order chi connectivity index (χ0) is 13.5. The second-order valence-electron chi connectivity index (χ2n) is 6.22. The summed E-state index contributed by atoms with van der Waals surface area (Å²) in [5, 5.41) is 3.24. The van der Waals surface area contributed by atoms with Crippen LogP contribution in [0.15, 0.2) is 4.99 Å². The highest BCUT2D eigenvalue weighted by molar-refractivity contribution is 14.0. The highest BCUT2D eigenvalue weighted by Gasteiger charge is 2.18. The van der Waals surface area contributed by atoms with Crippen molar-refractivity contribution in [3.8, 4) is 0 Å². The van der Waals surface area contributed by atoms with Gasteiger partial charge >= 0.3 is 0 Å². The van der Waals surface area contributed by atoms with Crippen molar-refractivity contribution in [1.82, 2.24) is 10.2 Å². The second-order valence-corrected chi connectivity index (χ2v) is 6.22. The maximum Gasteiger partial charge on any atom is 0.188 e. The molecule has 4 nitrogen and oxygen atoms in total. The fraction of sp³-hybridized carbons (Fsp3) is 0.933. The minimum absolute atomic E-state index is 0. The molecule has 0 aromatic heterocycles. The van der Waals surface area contributed by atoms with Crippen LogP contribution in [0.3, 0.4) is 0 Å². The third-order valence-electron chi connectivity index (χ3n) is 4.71. The van der Waals surface area contributed by atoms with E-state index in [9.17, 15) is 0 Å². The lowest BCUT2D eigenvalue weighted by Crippen LogP contribution is -2.41. The van der Waals surface area contributed by atoms with Gasteiger partial charge in [0, 0.05) is 25.7 Å². The number of nitrogens with one attached hydrogen (secondary N) is 1. The normalized spacial score (nSPS) is 21.4. The van der Waals surface area contributed by atoms with Gasteiger partial charge in [0.05, 0.1) is 0 Å². The van der Waals surface area contributed by atoms with Crippen molar-refractivity contribution in [3.63, 3.8) is 0 Å². The molecular weight excluding hydrogens is 363 g/mol. The predicted molar refractivity (Wildman–Crippen MR) is 96.8 cm³/mol. The molecule has 0 aliphatic heterocycles. The quantitative estimate of drug-likeness (QED) is 0.414. The average molecular weight is 394 g/mol. The summed E-state index contributed by atoms with van der Waals surface area (Å²) in [4.78, 5) is 6.90. The molecule has 0 heterocycles. The third kappa shape index (κ3) is 6.16. The summed E-state index contributed by atoms with van der Waals surface area (Å²) < 4.78 is 0. The Hall–Kier alpha value is -0.0400. The molecule has 5 heteroatoms. The number of aliphatic imine (C=N–C) groups is 1. The summed E-state index contributed by atoms with van der Waals surface area (Å²) in [6, 6.07) is 0.781. The lowest BCUT2D eigenvalue weighted by molar-refractivity contribution is 0.194. The first-order chi connectivity index (χ1) is 9.25. The summed E-state index contributed by atoms with van der Waals surface area (Å²) in [6.07, 6.45) is 11.0. The van der Waals surface area contributed by atoms with E-state index in [1.807, 2.05) is 0 Å². The summed E-state index contributed by atoms with van der Waals surface area (Å²) in [6.45, 7) is 2.88. The van der Waals surface area contributed by atoms with Gasteiger partial charge in [0.25, 0.3) is 0 Å². The lowest BCUT2D eigenvalue weighted by Gasteiger charge is -2.31. The van der Waals surface area contributed by atoms with Crippen molar-refractivity contribution < 1.29 is 0 Å². The molecule has 0 aromatic rings. The van der Waals surface area contributed by atoms with Crippen molar-refractivity contribution in [2.75, 3.05) is 26.7 Å². The van der Waals surface area contributed by atoms with Crippen molar-refractivity contribution in [1.29, 1.82) is 0 Å². The van der Waals surface area contributed by atoms with Gasteiger partial charge in [-0.25, -0.2) is 0 Å². The van der Waals surface area contributed by atoms with Gasteiger partial charge in [-0.3, -0.25) is 4.99 Å². The van der Waals surface area contributed by atoms with E-state index in [0.717, 1.165) is 31.6 Å². The third-order valence-corrected chi connectivity index (χ3v) is 4.71. The average Bonchev–Trinajstić information content (AvgIpc) is 2.38. The van der Waals surface area contributed by atoms with Gasteiger partial charge in [-0.05, 0) is 38.6 Å². The molecule has 2 aliphatic carbocycles. The predicted octanol–water partition coefficient (Wildman–Crippen LogP) is 2.57. The maximum atomic E-state index is 5.89. The van der Waals surface area contributed by atoms with Gasteiger partial charge in [-0.15, -0.1) is 24.0 Å². The number of likely N-dealkylation sites (N-methyl/N-ethyl adjacent to an activating group) is 1. The number of halogens is 1. The largest absolute Gasteiger partial charge is 0.370 e. The van der Waals surface area contributed by atoms with Crippen LogP contribution in [0.2, 0.25) is 0 Å². The molecule has 2 rings (SSSR count). The fourth-order valence-electron chi connectivity index (χ4n) is 3.02. The van der Waals surface area contributed by atoms with Crippen molar-refractivity contribution in [2.24, 2.45) is 16.6 Å². The molecule has 0 atom stereocenters. The highest BCUT2D eigenvalue weighted by Crippen LogP contribution is 2.26. The van der Waals surface area contributed by atoms with E-state index in [-0.39, 0.29) is 24.0 Å². The van der Waals surface area contributed by atoms with Crippen molar-refractivity contribution >= 4 is 29.9 Å². The van der Waals surface area contributed by atoms with E-state index >= 15 is 0 Å². The molecule has 0 spiro atoms. The molecule has 0 aromatic carbocycles. The number of hydrogen-bond acceptors (Lipinski definition) is 2. The molecule has 2 saturated carbocycles. The van der Waals surface area contributed by atoms with Crippen molar-refractivity contribution in [2.45, 2.75) is 57.4 Å². The Bertz CT molecular complexity index is 286. The van der Waals surface area contributed by atoms with Crippen LogP contribution >= 0.6 is 24.0 Å². The minimum Gasteiger partial charge on any atom is -0.370 e. The molecule has 2 fully saturated rings. The first kappa shape index (κ1) is 18.0. The van der Waals surface area contributed by atoms with Crippen LogP contribution in [0, 0.1) is 5.92 Å². The Morgan fingerprint density at radius 3 is 2.45 bits per heavy atom. The molecule has 118 valence electrons. The molecule has 3 N–H and O–H groups in total. The summed E-state index contributed by atoms with van der Waals surface area (Å²) in [7, 11) is 2.24. The van der Waals surface area contributed by atoms with Crippen LogP contribution in [-0.4, -0.2) is 43.6 Å². The smallest absolute Gasteiger partial charge is 0.188 e.